The van der Waals surface area contributed by atoms with Crippen molar-refractivity contribution in [2.24, 2.45) is 0 Å². The lowest BCUT2D eigenvalue weighted by molar-refractivity contribution is 0.101. The minimum absolute atomic E-state index is 0.195. The number of aryl methyl sites for hydroxylation is 1. The van der Waals surface area contributed by atoms with Gasteiger partial charge >= 0.3 is 0 Å². The predicted octanol–water partition coefficient (Wildman–Crippen LogP) is 3.67. The first-order valence-electron chi connectivity index (χ1n) is 7.24. The van der Waals surface area contributed by atoms with Crippen LogP contribution in [-0.4, -0.2) is 22.0 Å². The zero-order valence-corrected chi connectivity index (χ0v) is 14.4. The van der Waals surface area contributed by atoms with Gasteiger partial charge in [-0.05, 0) is 36.1 Å². The van der Waals surface area contributed by atoms with Crippen LogP contribution in [0.4, 0.5) is 10.8 Å². The molecule has 122 valence electrons. The molecule has 2 aromatic heterocycles. The molecule has 1 aromatic carbocycles. The first-order chi connectivity index (χ1) is 11.7. The summed E-state index contributed by atoms with van der Waals surface area (Å²) in [6.45, 7) is 1.98. The summed E-state index contributed by atoms with van der Waals surface area (Å²) >= 11 is 2.71. The monoisotopic (exact) mass is 358 g/mol. The molecule has 0 atom stereocenters. The molecule has 0 fully saturated rings. The third-order valence-corrected chi connectivity index (χ3v) is 4.97. The number of nitrogens with one attached hydrogen (secondary N) is 2. The topological polar surface area (TPSA) is 84.0 Å². The van der Waals surface area contributed by atoms with Crippen LogP contribution in [0.5, 0.6) is 0 Å². The molecule has 3 aromatic rings. The van der Waals surface area contributed by atoms with Crippen LogP contribution in [0.1, 0.15) is 32.0 Å². The van der Waals surface area contributed by atoms with Crippen molar-refractivity contribution in [1.29, 1.82) is 0 Å². The van der Waals surface area contributed by atoms with E-state index >= 15 is 0 Å². The van der Waals surface area contributed by atoms with Crippen molar-refractivity contribution >= 4 is 45.3 Å². The van der Waals surface area contributed by atoms with Crippen LogP contribution in [0, 0.1) is 0 Å². The molecule has 0 unspecified atom stereocenters. The van der Waals surface area contributed by atoms with E-state index in [1.54, 1.807) is 30.3 Å². The Labute approximate surface area is 146 Å². The average molecular weight is 358 g/mol. The van der Waals surface area contributed by atoms with Crippen LogP contribution in [-0.2, 0) is 6.42 Å². The van der Waals surface area contributed by atoms with Gasteiger partial charge in [0, 0.05) is 11.3 Å². The van der Waals surface area contributed by atoms with Crippen molar-refractivity contribution in [3.05, 3.63) is 57.2 Å². The Morgan fingerprint density at radius 3 is 2.67 bits per heavy atom. The molecular weight excluding hydrogens is 344 g/mol. The lowest BCUT2D eigenvalue weighted by Gasteiger charge is -2.06. The van der Waals surface area contributed by atoms with Gasteiger partial charge in [-0.15, -0.1) is 21.5 Å². The zero-order valence-electron chi connectivity index (χ0n) is 12.8. The molecule has 24 heavy (non-hydrogen) atoms. The number of thiophene rings is 1. The SMILES string of the molecule is CCc1nnc(NC(=O)c2cccc(NC(=O)c3cccs3)c2)s1. The van der Waals surface area contributed by atoms with Crippen LogP contribution < -0.4 is 10.6 Å². The Hall–Kier alpha value is -2.58. The highest BCUT2D eigenvalue weighted by Crippen LogP contribution is 2.18. The van der Waals surface area contributed by atoms with Crippen molar-refractivity contribution in [3.63, 3.8) is 0 Å². The standard InChI is InChI=1S/C16H14N4O2S2/c1-2-13-19-20-16(24-13)18-14(21)10-5-3-6-11(9-10)17-15(22)12-7-4-8-23-12/h3-9H,2H2,1H3,(H,17,22)(H,18,20,21). The van der Waals surface area contributed by atoms with E-state index in [1.807, 2.05) is 18.4 Å². The number of rotatable bonds is 5. The first kappa shape index (κ1) is 16.3. The van der Waals surface area contributed by atoms with Crippen LogP contribution in [0.2, 0.25) is 0 Å². The molecular formula is C16H14N4O2S2. The summed E-state index contributed by atoms with van der Waals surface area (Å²) < 4.78 is 0. The van der Waals surface area contributed by atoms with Gasteiger partial charge in [-0.3, -0.25) is 14.9 Å². The Bertz CT molecular complexity index is 859. The summed E-state index contributed by atoms with van der Waals surface area (Å²) in [6.07, 6.45) is 0.776. The molecule has 0 radical (unpaired) electrons. The number of benzene rings is 1. The van der Waals surface area contributed by atoms with E-state index in [1.165, 1.54) is 22.7 Å². The maximum absolute atomic E-state index is 12.3. The molecule has 0 aliphatic heterocycles. The zero-order chi connectivity index (χ0) is 16.9. The third kappa shape index (κ3) is 3.84. The normalized spacial score (nSPS) is 10.4. The molecule has 0 aliphatic rings. The maximum atomic E-state index is 12.3. The molecule has 0 spiro atoms. The fourth-order valence-corrected chi connectivity index (χ4v) is 3.25. The van der Waals surface area contributed by atoms with Crippen molar-refractivity contribution in [1.82, 2.24) is 10.2 Å². The molecule has 6 nitrogen and oxygen atoms in total. The molecule has 2 N–H and O–H groups in total. The number of nitrogens with zero attached hydrogens (tertiary/aromatic N) is 2. The maximum Gasteiger partial charge on any atom is 0.265 e. The third-order valence-electron chi connectivity index (χ3n) is 3.12. The highest BCUT2D eigenvalue weighted by Gasteiger charge is 2.12. The van der Waals surface area contributed by atoms with E-state index in [-0.39, 0.29) is 11.8 Å². The summed E-state index contributed by atoms with van der Waals surface area (Å²) in [5.74, 6) is -0.486. The van der Waals surface area contributed by atoms with Crippen LogP contribution in [0.3, 0.4) is 0 Å². The van der Waals surface area contributed by atoms with Crippen LogP contribution in [0.25, 0.3) is 0 Å². The van der Waals surface area contributed by atoms with Gasteiger partial charge in [0.05, 0.1) is 4.88 Å². The first-order valence-corrected chi connectivity index (χ1v) is 8.94. The average Bonchev–Trinajstić information content (AvgIpc) is 3.26. The minimum Gasteiger partial charge on any atom is -0.321 e. The summed E-state index contributed by atoms with van der Waals surface area (Å²) in [7, 11) is 0. The lowest BCUT2D eigenvalue weighted by Crippen LogP contribution is -2.14. The second-order valence-electron chi connectivity index (χ2n) is 4.82. The summed E-state index contributed by atoms with van der Waals surface area (Å²) in [6, 6.07) is 10.3. The van der Waals surface area contributed by atoms with Crippen molar-refractivity contribution in [2.45, 2.75) is 13.3 Å². The number of hydrogen-bond acceptors (Lipinski definition) is 6. The van der Waals surface area contributed by atoms with Crippen molar-refractivity contribution in [2.75, 3.05) is 10.6 Å². The Kier molecular flexibility index (Phi) is 4.97. The Morgan fingerprint density at radius 1 is 1.08 bits per heavy atom. The van der Waals surface area contributed by atoms with Crippen LogP contribution in [0.15, 0.2) is 41.8 Å². The molecule has 2 heterocycles. The Balaban J connectivity index is 1.70. The van der Waals surface area contributed by atoms with E-state index in [4.69, 9.17) is 0 Å². The van der Waals surface area contributed by atoms with Gasteiger partial charge in [-0.1, -0.05) is 30.4 Å². The van der Waals surface area contributed by atoms with Gasteiger partial charge in [0.2, 0.25) is 5.13 Å². The number of anilines is 2. The molecule has 0 saturated carbocycles. The molecule has 8 heteroatoms. The lowest BCUT2D eigenvalue weighted by atomic mass is 10.2. The second kappa shape index (κ2) is 7.33. The number of aromatic nitrogens is 2. The summed E-state index contributed by atoms with van der Waals surface area (Å²) in [5.41, 5.74) is 1.000. The number of amides is 2. The largest absolute Gasteiger partial charge is 0.321 e. The molecule has 2 amide bonds. The fraction of sp³-hybridized carbons (Fsp3) is 0.125. The van der Waals surface area contributed by atoms with Gasteiger partial charge in [-0.25, -0.2) is 0 Å². The number of hydrogen-bond donors (Lipinski definition) is 2. The number of carbonyl (C=O) groups excluding carboxylic acids is 2. The molecule has 0 saturated heterocycles. The Morgan fingerprint density at radius 2 is 1.96 bits per heavy atom. The second-order valence-corrected chi connectivity index (χ2v) is 6.83. The number of carbonyl (C=O) groups is 2. The van der Waals surface area contributed by atoms with E-state index in [9.17, 15) is 9.59 Å². The molecule has 3 rings (SSSR count). The van der Waals surface area contributed by atoms with Gasteiger partial charge in [0.15, 0.2) is 0 Å². The van der Waals surface area contributed by atoms with E-state index in [0.717, 1.165) is 11.4 Å². The minimum atomic E-state index is -0.291. The van der Waals surface area contributed by atoms with Crippen LogP contribution >= 0.6 is 22.7 Å². The van der Waals surface area contributed by atoms with Gasteiger partial charge in [0.1, 0.15) is 5.01 Å². The van der Waals surface area contributed by atoms with Gasteiger partial charge in [0.25, 0.3) is 11.8 Å². The van der Waals surface area contributed by atoms with Gasteiger partial charge in [-0.2, -0.15) is 0 Å². The van der Waals surface area contributed by atoms with Crippen molar-refractivity contribution < 1.29 is 9.59 Å². The molecule has 0 aliphatic carbocycles. The smallest absolute Gasteiger partial charge is 0.265 e. The molecule has 0 bridgehead atoms. The highest BCUT2D eigenvalue weighted by molar-refractivity contribution is 7.15. The van der Waals surface area contributed by atoms with E-state index in [2.05, 4.69) is 20.8 Å². The fourth-order valence-electron chi connectivity index (χ4n) is 1.95. The highest BCUT2D eigenvalue weighted by atomic mass is 32.1. The van der Waals surface area contributed by atoms with E-state index < -0.39 is 0 Å². The summed E-state index contributed by atoms with van der Waals surface area (Å²) in [5, 5.41) is 16.6. The van der Waals surface area contributed by atoms with E-state index in [0.29, 0.717) is 21.3 Å². The van der Waals surface area contributed by atoms with Gasteiger partial charge < -0.3 is 5.32 Å². The van der Waals surface area contributed by atoms with Crippen molar-refractivity contribution in [3.8, 4) is 0 Å². The quantitative estimate of drug-likeness (QED) is 0.729. The summed E-state index contributed by atoms with van der Waals surface area (Å²) in [4.78, 5) is 25.0. The predicted molar refractivity (Wildman–Crippen MR) is 96.0 cm³/mol.